The molecule has 0 aromatic heterocycles. The van der Waals surface area contributed by atoms with Crippen LogP contribution in [-0.4, -0.2) is 5.78 Å². The number of ketones is 1. The van der Waals surface area contributed by atoms with Gasteiger partial charge in [-0.15, -0.1) is 0 Å². The van der Waals surface area contributed by atoms with Gasteiger partial charge in [0.15, 0.2) is 0 Å². The van der Waals surface area contributed by atoms with E-state index in [0.29, 0.717) is 11.7 Å². The number of halogens is 1. The third kappa shape index (κ3) is 1.55. The maximum Gasteiger partial charge on any atom is 0.142 e. The Bertz CT molecular complexity index is 426. The molecule has 3 unspecified atom stereocenters. The van der Waals surface area contributed by atoms with Crippen LogP contribution in [0.25, 0.3) is 0 Å². The fourth-order valence-corrected chi connectivity index (χ4v) is 3.45. The first-order chi connectivity index (χ1) is 7.50. The molecule has 0 aliphatic heterocycles. The van der Waals surface area contributed by atoms with E-state index in [-0.39, 0.29) is 11.3 Å². The first kappa shape index (κ1) is 11.8. The van der Waals surface area contributed by atoms with E-state index in [9.17, 15) is 4.79 Å². The first-order valence-electron chi connectivity index (χ1n) is 5.80. The molecule has 0 heterocycles. The van der Waals surface area contributed by atoms with E-state index in [1.165, 1.54) is 5.56 Å². The van der Waals surface area contributed by atoms with Crippen molar-refractivity contribution in [1.29, 1.82) is 0 Å². The van der Waals surface area contributed by atoms with Crippen molar-refractivity contribution < 1.29 is 4.79 Å². The Morgan fingerprint density at radius 2 is 2.12 bits per heavy atom. The molecule has 0 amide bonds. The zero-order valence-corrected chi connectivity index (χ0v) is 11.5. The Kier molecular flexibility index (Phi) is 2.95. The quantitative estimate of drug-likeness (QED) is 0.795. The van der Waals surface area contributed by atoms with Gasteiger partial charge in [-0.1, -0.05) is 48.8 Å². The monoisotopic (exact) mass is 280 g/mol. The average molecular weight is 281 g/mol. The van der Waals surface area contributed by atoms with Gasteiger partial charge < -0.3 is 0 Å². The van der Waals surface area contributed by atoms with Crippen LogP contribution >= 0.6 is 15.9 Å². The highest BCUT2D eigenvalue weighted by Crippen LogP contribution is 2.55. The number of Topliss-reactive ketones (excluding diaryl/α,β-unsaturated/α-hetero) is 1. The maximum absolute atomic E-state index is 12.0. The lowest BCUT2D eigenvalue weighted by Crippen LogP contribution is -2.52. The van der Waals surface area contributed by atoms with E-state index >= 15 is 0 Å². The number of carbonyl (C=O) groups excluding carboxylic acids is 1. The molecule has 1 aromatic carbocycles. The van der Waals surface area contributed by atoms with Crippen molar-refractivity contribution in [3.05, 3.63) is 34.3 Å². The molecule has 1 aliphatic carbocycles. The molecular weight excluding hydrogens is 264 g/mol. The highest BCUT2D eigenvalue weighted by atomic mass is 79.9. The van der Waals surface area contributed by atoms with E-state index in [1.807, 2.05) is 19.1 Å². The molecule has 1 fully saturated rings. The second-order valence-corrected chi connectivity index (χ2v) is 5.87. The summed E-state index contributed by atoms with van der Waals surface area (Å²) in [5.41, 5.74) is 1.13. The highest BCUT2D eigenvalue weighted by molar-refractivity contribution is 9.10. The summed E-state index contributed by atoms with van der Waals surface area (Å²) in [6, 6.07) is 8.34. The fourth-order valence-electron chi connectivity index (χ4n) is 3.03. The zero-order chi connectivity index (χ0) is 11.9. The predicted molar refractivity (Wildman–Crippen MR) is 69.5 cm³/mol. The second kappa shape index (κ2) is 3.99. The van der Waals surface area contributed by atoms with Gasteiger partial charge in [0.05, 0.1) is 0 Å². The normalized spacial score (nSPS) is 33.6. The van der Waals surface area contributed by atoms with Crippen LogP contribution in [0.5, 0.6) is 0 Å². The fraction of sp³-hybridized carbons (Fsp3) is 0.500. The lowest BCUT2D eigenvalue weighted by molar-refractivity contribution is -0.147. The maximum atomic E-state index is 12.0. The Morgan fingerprint density at radius 1 is 1.44 bits per heavy atom. The Hall–Kier alpha value is -0.630. The molecule has 2 heteroatoms. The first-order valence-corrected chi connectivity index (χ1v) is 6.59. The van der Waals surface area contributed by atoms with Crippen molar-refractivity contribution in [2.24, 2.45) is 11.3 Å². The molecule has 2 rings (SSSR count). The minimum atomic E-state index is -0.153. The summed E-state index contributed by atoms with van der Waals surface area (Å²) in [6.45, 7) is 6.25. The number of benzene rings is 1. The van der Waals surface area contributed by atoms with E-state index < -0.39 is 0 Å². The van der Waals surface area contributed by atoms with Crippen molar-refractivity contribution in [3.8, 4) is 0 Å². The van der Waals surface area contributed by atoms with Gasteiger partial charge in [0, 0.05) is 21.7 Å². The Labute approximate surface area is 105 Å². The smallest absolute Gasteiger partial charge is 0.142 e. The largest absolute Gasteiger partial charge is 0.299 e. The molecule has 0 N–H and O–H groups in total. The zero-order valence-electron chi connectivity index (χ0n) is 9.96. The molecule has 1 aliphatic rings. The van der Waals surface area contributed by atoms with Crippen LogP contribution in [0.1, 0.15) is 38.7 Å². The minimum Gasteiger partial charge on any atom is -0.299 e. The molecule has 1 saturated carbocycles. The van der Waals surface area contributed by atoms with Crippen molar-refractivity contribution in [2.75, 3.05) is 0 Å². The van der Waals surface area contributed by atoms with E-state index in [4.69, 9.17) is 0 Å². The van der Waals surface area contributed by atoms with Crippen molar-refractivity contribution in [2.45, 2.75) is 33.1 Å². The molecule has 0 saturated heterocycles. The van der Waals surface area contributed by atoms with E-state index in [0.717, 1.165) is 10.9 Å². The molecule has 86 valence electrons. The summed E-state index contributed by atoms with van der Waals surface area (Å²) >= 11 is 3.49. The van der Waals surface area contributed by atoms with Gasteiger partial charge >= 0.3 is 0 Å². The number of hydrogen-bond donors (Lipinski definition) is 0. The minimum absolute atomic E-state index is 0.153. The van der Waals surface area contributed by atoms with E-state index in [1.54, 1.807) is 0 Å². The van der Waals surface area contributed by atoms with Gasteiger partial charge in [0.2, 0.25) is 0 Å². The van der Waals surface area contributed by atoms with Gasteiger partial charge in [-0.3, -0.25) is 4.79 Å². The average Bonchev–Trinajstić information content (AvgIpc) is 2.28. The second-order valence-electron chi connectivity index (χ2n) is 4.96. The number of hydrogen-bond acceptors (Lipinski definition) is 1. The van der Waals surface area contributed by atoms with Gasteiger partial charge in [-0.2, -0.15) is 0 Å². The Morgan fingerprint density at radius 3 is 2.69 bits per heavy atom. The Balaban J connectivity index is 2.38. The van der Waals surface area contributed by atoms with Crippen LogP contribution in [0.3, 0.4) is 0 Å². The van der Waals surface area contributed by atoms with Gasteiger partial charge in [-0.05, 0) is 24.1 Å². The summed E-state index contributed by atoms with van der Waals surface area (Å²) in [5.74, 6) is 0.960. The number of carbonyl (C=O) groups is 1. The molecule has 0 spiro atoms. The summed E-state index contributed by atoms with van der Waals surface area (Å²) in [7, 11) is 0. The van der Waals surface area contributed by atoms with Gasteiger partial charge in [-0.25, -0.2) is 0 Å². The van der Waals surface area contributed by atoms with Crippen LogP contribution in [0.2, 0.25) is 0 Å². The van der Waals surface area contributed by atoms with Crippen LogP contribution in [0.4, 0.5) is 0 Å². The third-order valence-corrected chi connectivity index (χ3v) is 4.60. The summed E-state index contributed by atoms with van der Waals surface area (Å²) in [5, 5.41) is 0. The predicted octanol–water partition coefficient (Wildman–Crippen LogP) is 4.17. The SMILES string of the molecule is CCC1(C)C(=O)C(C)C1c1cccc(Br)c1. The lowest BCUT2D eigenvalue weighted by atomic mass is 9.51. The van der Waals surface area contributed by atoms with Crippen LogP contribution in [0, 0.1) is 11.3 Å². The number of rotatable bonds is 2. The highest BCUT2D eigenvalue weighted by Gasteiger charge is 2.55. The summed E-state index contributed by atoms with van der Waals surface area (Å²) in [6.07, 6.45) is 0.924. The lowest BCUT2D eigenvalue weighted by Gasteiger charge is -2.50. The molecule has 3 atom stereocenters. The van der Waals surface area contributed by atoms with Crippen molar-refractivity contribution >= 4 is 21.7 Å². The van der Waals surface area contributed by atoms with Crippen LogP contribution < -0.4 is 0 Å². The van der Waals surface area contributed by atoms with Gasteiger partial charge in [0.1, 0.15) is 5.78 Å². The third-order valence-electron chi connectivity index (χ3n) is 4.11. The molecule has 0 radical (unpaired) electrons. The molecule has 1 aromatic rings. The van der Waals surface area contributed by atoms with Crippen molar-refractivity contribution in [3.63, 3.8) is 0 Å². The molecular formula is C14H17BrO. The summed E-state index contributed by atoms with van der Waals surface area (Å²) < 4.78 is 1.09. The molecule has 1 nitrogen and oxygen atoms in total. The molecule has 0 bridgehead atoms. The van der Waals surface area contributed by atoms with Gasteiger partial charge in [0.25, 0.3) is 0 Å². The summed E-state index contributed by atoms with van der Waals surface area (Å²) in [4.78, 5) is 12.0. The van der Waals surface area contributed by atoms with E-state index in [2.05, 4.69) is 41.9 Å². The topological polar surface area (TPSA) is 17.1 Å². The standard InChI is InChI=1S/C14H17BrO/c1-4-14(3)12(9(2)13(14)16)10-6-5-7-11(15)8-10/h5-9,12H,4H2,1-3H3. The van der Waals surface area contributed by atoms with Crippen molar-refractivity contribution in [1.82, 2.24) is 0 Å². The molecule has 16 heavy (non-hydrogen) atoms. The van der Waals surface area contributed by atoms with Crippen LogP contribution in [0.15, 0.2) is 28.7 Å². The van der Waals surface area contributed by atoms with Crippen LogP contribution in [-0.2, 0) is 4.79 Å².